The van der Waals surface area contributed by atoms with E-state index in [4.69, 9.17) is 0 Å². The molecular weight excluding hydrogens is 208 g/mol. The van der Waals surface area contributed by atoms with Crippen molar-refractivity contribution in [1.82, 2.24) is 0 Å². The quantitative estimate of drug-likeness (QED) is 0.719. The third kappa shape index (κ3) is 2.77. The predicted molar refractivity (Wildman–Crippen MR) is 71.1 cm³/mol. The first-order valence-electron chi connectivity index (χ1n) is 6.76. The number of hydrogen-bond acceptors (Lipinski definition) is 1. The average Bonchev–Trinajstić information content (AvgIpc) is 3.10. The van der Waals surface area contributed by atoms with Crippen LogP contribution >= 0.6 is 0 Å². The van der Waals surface area contributed by atoms with E-state index in [2.05, 4.69) is 38.1 Å². The summed E-state index contributed by atoms with van der Waals surface area (Å²) in [7, 11) is 0. The molecule has 0 radical (unpaired) electrons. The zero-order valence-electron chi connectivity index (χ0n) is 11.0. The van der Waals surface area contributed by atoms with Crippen molar-refractivity contribution in [1.29, 1.82) is 0 Å². The minimum absolute atomic E-state index is 0.0152. The molecule has 2 rings (SSSR count). The van der Waals surface area contributed by atoms with E-state index < -0.39 is 0 Å². The van der Waals surface area contributed by atoms with Gasteiger partial charge in [-0.3, -0.25) is 4.79 Å². The molecule has 0 spiro atoms. The van der Waals surface area contributed by atoms with E-state index in [1.807, 2.05) is 0 Å². The highest BCUT2D eigenvalue weighted by Crippen LogP contribution is 2.50. The van der Waals surface area contributed by atoms with Gasteiger partial charge in [0.15, 0.2) is 0 Å². The highest BCUT2D eigenvalue weighted by molar-refractivity contribution is 5.87. The second kappa shape index (κ2) is 5.03. The third-order valence-electron chi connectivity index (χ3n) is 3.99. The summed E-state index contributed by atoms with van der Waals surface area (Å²) in [6, 6.07) is 8.46. The van der Waals surface area contributed by atoms with Gasteiger partial charge in [0.1, 0.15) is 5.78 Å². The Kier molecular flexibility index (Phi) is 3.66. The monoisotopic (exact) mass is 230 g/mol. The molecule has 17 heavy (non-hydrogen) atoms. The second-order valence-electron chi connectivity index (χ2n) is 5.41. The van der Waals surface area contributed by atoms with Crippen molar-refractivity contribution in [3.8, 4) is 0 Å². The molecule has 0 amide bonds. The van der Waals surface area contributed by atoms with Gasteiger partial charge < -0.3 is 0 Å². The van der Waals surface area contributed by atoms with E-state index in [-0.39, 0.29) is 5.41 Å². The van der Waals surface area contributed by atoms with Gasteiger partial charge in [0, 0.05) is 11.8 Å². The maximum Gasteiger partial charge on any atom is 0.139 e. The molecule has 0 aliphatic heterocycles. The van der Waals surface area contributed by atoms with Crippen LogP contribution in [0.3, 0.4) is 0 Å². The fourth-order valence-electron chi connectivity index (χ4n) is 2.48. The van der Waals surface area contributed by atoms with Gasteiger partial charge in [0.2, 0.25) is 0 Å². The van der Waals surface area contributed by atoms with Crippen LogP contribution in [0.4, 0.5) is 0 Å². The molecule has 0 bridgehead atoms. The van der Waals surface area contributed by atoms with Crippen molar-refractivity contribution in [3.63, 3.8) is 0 Å². The molecule has 92 valence electrons. The van der Waals surface area contributed by atoms with Gasteiger partial charge in [-0.15, -0.1) is 0 Å². The topological polar surface area (TPSA) is 17.1 Å². The number of unbranched alkanes of at least 4 members (excludes halogenated alkanes) is 1. The Balaban J connectivity index is 2.03. The molecule has 1 saturated carbocycles. The smallest absolute Gasteiger partial charge is 0.139 e. The first-order valence-corrected chi connectivity index (χ1v) is 6.76. The van der Waals surface area contributed by atoms with Crippen LogP contribution in [0.5, 0.6) is 0 Å². The summed E-state index contributed by atoms with van der Waals surface area (Å²) in [5.74, 6) is 0.502. The Labute approximate surface area is 104 Å². The third-order valence-corrected chi connectivity index (χ3v) is 3.99. The van der Waals surface area contributed by atoms with Crippen molar-refractivity contribution in [2.45, 2.75) is 52.4 Å². The molecule has 1 aliphatic rings. The number of rotatable bonds is 6. The van der Waals surface area contributed by atoms with E-state index in [0.717, 1.165) is 38.5 Å². The van der Waals surface area contributed by atoms with Crippen molar-refractivity contribution in [2.75, 3.05) is 0 Å². The van der Waals surface area contributed by atoms with Gasteiger partial charge in [-0.25, -0.2) is 0 Å². The molecule has 0 unspecified atom stereocenters. The number of aryl methyl sites for hydroxylation is 1. The molecule has 1 aromatic rings. The minimum Gasteiger partial charge on any atom is -0.299 e. The van der Waals surface area contributed by atoms with E-state index in [0.29, 0.717) is 5.78 Å². The minimum atomic E-state index is 0.0152. The molecule has 0 aromatic heterocycles. The van der Waals surface area contributed by atoms with Gasteiger partial charge in [-0.2, -0.15) is 0 Å². The number of carbonyl (C=O) groups excluding carboxylic acids is 1. The number of hydrogen-bond donors (Lipinski definition) is 0. The molecule has 0 N–H and O–H groups in total. The molecule has 1 heteroatoms. The standard InChI is InChI=1S/C16H22O/c1-3-4-9-15(17)16(10-11-16)12-14-8-6-5-7-13(14)2/h5-8H,3-4,9-12H2,1-2H3. The maximum atomic E-state index is 12.2. The lowest BCUT2D eigenvalue weighted by molar-refractivity contribution is -0.124. The van der Waals surface area contributed by atoms with Gasteiger partial charge >= 0.3 is 0 Å². The summed E-state index contributed by atoms with van der Waals surface area (Å²) < 4.78 is 0. The van der Waals surface area contributed by atoms with Crippen molar-refractivity contribution < 1.29 is 4.79 Å². The summed E-state index contributed by atoms with van der Waals surface area (Å²) in [6.07, 6.45) is 6.11. The maximum absolute atomic E-state index is 12.2. The number of carbonyl (C=O) groups is 1. The molecule has 1 aromatic carbocycles. The number of Topliss-reactive ketones (excluding diaryl/α,β-unsaturated/α-hetero) is 1. The summed E-state index contributed by atoms with van der Waals surface area (Å²) in [4.78, 5) is 12.2. The van der Waals surface area contributed by atoms with Crippen molar-refractivity contribution in [2.24, 2.45) is 5.41 Å². The Morgan fingerprint density at radius 1 is 1.29 bits per heavy atom. The first-order chi connectivity index (χ1) is 8.18. The number of benzene rings is 1. The van der Waals surface area contributed by atoms with E-state index in [9.17, 15) is 4.79 Å². The Bertz CT molecular complexity index is 402. The summed E-state index contributed by atoms with van der Waals surface area (Å²) in [5, 5.41) is 0. The average molecular weight is 230 g/mol. The molecule has 1 nitrogen and oxygen atoms in total. The number of ketones is 1. The van der Waals surface area contributed by atoms with Crippen molar-refractivity contribution >= 4 is 5.78 Å². The molecule has 0 atom stereocenters. The van der Waals surface area contributed by atoms with Crippen LogP contribution in [0, 0.1) is 12.3 Å². The Hall–Kier alpha value is -1.11. The van der Waals surface area contributed by atoms with Crippen LogP contribution in [0.1, 0.15) is 50.2 Å². The largest absolute Gasteiger partial charge is 0.299 e. The van der Waals surface area contributed by atoms with Crippen LogP contribution in [0.25, 0.3) is 0 Å². The highest BCUT2D eigenvalue weighted by atomic mass is 16.1. The zero-order valence-corrected chi connectivity index (χ0v) is 11.0. The van der Waals surface area contributed by atoms with Crippen LogP contribution in [0.15, 0.2) is 24.3 Å². The van der Waals surface area contributed by atoms with Gasteiger partial charge in [-0.05, 0) is 43.7 Å². The van der Waals surface area contributed by atoms with E-state index >= 15 is 0 Å². The fourth-order valence-corrected chi connectivity index (χ4v) is 2.48. The predicted octanol–water partition coefficient (Wildman–Crippen LogP) is 4.08. The Morgan fingerprint density at radius 2 is 2.00 bits per heavy atom. The van der Waals surface area contributed by atoms with Gasteiger partial charge in [0.25, 0.3) is 0 Å². The lowest BCUT2D eigenvalue weighted by atomic mass is 9.88. The van der Waals surface area contributed by atoms with Crippen LogP contribution in [0.2, 0.25) is 0 Å². The Morgan fingerprint density at radius 3 is 2.59 bits per heavy atom. The van der Waals surface area contributed by atoms with Crippen LogP contribution < -0.4 is 0 Å². The van der Waals surface area contributed by atoms with Crippen LogP contribution in [-0.2, 0) is 11.2 Å². The summed E-state index contributed by atoms with van der Waals surface area (Å²) in [6.45, 7) is 4.29. The second-order valence-corrected chi connectivity index (χ2v) is 5.41. The van der Waals surface area contributed by atoms with E-state index in [1.165, 1.54) is 11.1 Å². The van der Waals surface area contributed by atoms with E-state index in [1.54, 1.807) is 0 Å². The van der Waals surface area contributed by atoms with Crippen molar-refractivity contribution in [3.05, 3.63) is 35.4 Å². The molecular formula is C16H22O. The molecule has 1 fully saturated rings. The summed E-state index contributed by atoms with van der Waals surface area (Å²) >= 11 is 0. The summed E-state index contributed by atoms with van der Waals surface area (Å²) in [5.41, 5.74) is 2.69. The molecule has 0 saturated heterocycles. The SMILES string of the molecule is CCCCC(=O)C1(Cc2ccccc2C)CC1. The molecule has 0 heterocycles. The lowest BCUT2D eigenvalue weighted by Gasteiger charge is -2.15. The van der Waals surface area contributed by atoms with Gasteiger partial charge in [-0.1, -0.05) is 37.6 Å². The normalized spacial score (nSPS) is 16.8. The fraction of sp³-hybridized carbons (Fsp3) is 0.562. The lowest BCUT2D eigenvalue weighted by Crippen LogP contribution is -2.18. The van der Waals surface area contributed by atoms with Crippen LogP contribution in [-0.4, -0.2) is 5.78 Å². The first kappa shape index (κ1) is 12.3. The zero-order chi connectivity index (χ0) is 12.3. The molecule has 1 aliphatic carbocycles. The van der Waals surface area contributed by atoms with Gasteiger partial charge in [0.05, 0.1) is 0 Å². The highest BCUT2D eigenvalue weighted by Gasteiger charge is 2.48.